The minimum Gasteiger partial charge on any atom is -0.490 e. The highest BCUT2D eigenvalue weighted by atomic mass is 19.3. The molecule has 1 heterocycles. The molecule has 0 fully saturated rings. The summed E-state index contributed by atoms with van der Waals surface area (Å²) in [6.45, 7) is 2.52. The minimum absolute atomic E-state index is 0.0214. The van der Waals surface area contributed by atoms with Crippen LogP contribution in [-0.4, -0.2) is 16.6 Å². The second-order valence-electron chi connectivity index (χ2n) is 9.97. The number of hydrogen-bond acceptors (Lipinski definition) is 4. The number of benzene rings is 4. The van der Waals surface area contributed by atoms with Crippen molar-refractivity contribution in [1.29, 1.82) is 0 Å². The largest absolute Gasteiger partial charge is 0.490 e. The Hall–Kier alpha value is -5.07. The van der Waals surface area contributed by atoms with Crippen molar-refractivity contribution in [3.63, 3.8) is 0 Å². The van der Waals surface area contributed by atoms with E-state index in [0.717, 1.165) is 31.0 Å². The Morgan fingerprint density at radius 3 is 1.70 bits per heavy atom. The van der Waals surface area contributed by atoms with Gasteiger partial charge in [-0.1, -0.05) is 37.6 Å². The number of ether oxygens (including phenoxy) is 2. The van der Waals surface area contributed by atoms with E-state index in [2.05, 4.69) is 14.7 Å². The van der Waals surface area contributed by atoms with E-state index in [4.69, 9.17) is 4.74 Å². The third-order valence-electron chi connectivity index (χ3n) is 6.75. The van der Waals surface area contributed by atoms with Crippen LogP contribution in [0, 0.1) is 40.7 Å². The van der Waals surface area contributed by atoms with Gasteiger partial charge in [0.05, 0.1) is 19.0 Å². The van der Waals surface area contributed by atoms with Crippen LogP contribution in [0.15, 0.2) is 73.1 Å². The number of aromatic nitrogens is 2. The predicted molar refractivity (Wildman–Crippen MR) is 149 cm³/mol. The summed E-state index contributed by atoms with van der Waals surface area (Å²) in [5.74, 6) is -11.8. The van der Waals surface area contributed by atoms with Crippen molar-refractivity contribution in [2.24, 2.45) is 0 Å². The number of rotatable bonds is 10. The molecule has 4 nitrogen and oxygen atoms in total. The Balaban J connectivity index is 1.37. The molecule has 0 unspecified atom stereocenters. The molecule has 0 atom stereocenters. The van der Waals surface area contributed by atoms with Crippen LogP contribution in [0.1, 0.15) is 25.3 Å². The molecule has 238 valence electrons. The zero-order valence-electron chi connectivity index (χ0n) is 23.7. The molecule has 1 aromatic heterocycles. The van der Waals surface area contributed by atoms with E-state index in [1.165, 1.54) is 30.6 Å². The molecule has 0 radical (unpaired) electrons. The Kier molecular flexibility index (Phi) is 9.22. The lowest BCUT2D eigenvalue weighted by atomic mass is 9.97. The Labute approximate surface area is 256 Å². The van der Waals surface area contributed by atoms with E-state index in [-0.39, 0.29) is 29.1 Å². The summed E-state index contributed by atoms with van der Waals surface area (Å²) < 4.78 is 139. The molecule has 4 aromatic carbocycles. The third-order valence-corrected chi connectivity index (χ3v) is 6.75. The highest BCUT2D eigenvalue weighted by Crippen LogP contribution is 2.39. The van der Waals surface area contributed by atoms with Crippen molar-refractivity contribution in [3.8, 4) is 45.1 Å². The van der Waals surface area contributed by atoms with Gasteiger partial charge in [0.2, 0.25) is 0 Å². The zero-order chi connectivity index (χ0) is 33.2. The molecule has 0 aliphatic carbocycles. The fourth-order valence-corrected chi connectivity index (χ4v) is 4.48. The van der Waals surface area contributed by atoms with Gasteiger partial charge in [0, 0.05) is 28.8 Å². The molecule has 0 aliphatic rings. The summed E-state index contributed by atoms with van der Waals surface area (Å²) >= 11 is 0. The van der Waals surface area contributed by atoms with Gasteiger partial charge in [-0.25, -0.2) is 40.7 Å². The van der Waals surface area contributed by atoms with Crippen LogP contribution in [0.4, 0.5) is 39.5 Å². The van der Waals surface area contributed by atoms with Crippen molar-refractivity contribution in [3.05, 3.63) is 119 Å². The molecule has 46 heavy (non-hydrogen) atoms. The van der Waals surface area contributed by atoms with Crippen molar-refractivity contribution in [2.45, 2.75) is 25.9 Å². The monoisotopic (exact) mass is 648 g/mol. The van der Waals surface area contributed by atoms with Crippen LogP contribution < -0.4 is 9.47 Å². The van der Waals surface area contributed by atoms with E-state index in [9.17, 15) is 30.7 Å². The van der Waals surface area contributed by atoms with E-state index >= 15 is 8.78 Å². The van der Waals surface area contributed by atoms with Gasteiger partial charge in [0.15, 0.2) is 29.0 Å². The van der Waals surface area contributed by atoms with Gasteiger partial charge in [-0.05, 0) is 41.8 Å². The first-order valence-corrected chi connectivity index (χ1v) is 13.6. The van der Waals surface area contributed by atoms with Crippen molar-refractivity contribution < 1.29 is 49.0 Å². The van der Waals surface area contributed by atoms with Crippen LogP contribution in [0.3, 0.4) is 0 Å². The Morgan fingerprint density at radius 1 is 0.609 bits per heavy atom. The summed E-state index contributed by atoms with van der Waals surface area (Å²) in [5.41, 5.74) is -2.48. The topological polar surface area (TPSA) is 44.2 Å². The number of unbranched alkanes of at least 4 members (excludes halogenated alkanes) is 1. The summed E-state index contributed by atoms with van der Waals surface area (Å²) in [6.07, 6.45) is -0.0880. The first-order valence-electron chi connectivity index (χ1n) is 13.6. The summed E-state index contributed by atoms with van der Waals surface area (Å²) in [7, 11) is 0. The number of halogens is 9. The molecular weight excluding hydrogens is 627 g/mol. The van der Waals surface area contributed by atoms with Crippen molar-refractivity contribution in [2.75, 3.05) is 6.61 Å². The Bertz CT molecular complexity index is 1850. The van der Waals surface area contributed by atoms with E-state index in [0.29, 0.717) is 30.1 Å². The molecule has 0 bridgehead atoms. The maximum absolute atomic E-state index is 15.2. The van der Waals surface area contributed by atoms with Gasteiger partial charge in [-0.15, -0.1) is 0 Å². The van der Waals surface area contributed by atoms with E-state index in [1.807, 2.05) is 6.92 Å². The van der Waals surface area contributed by atoms with Gasteiger partial charge in [-0.2, -0.15) is 8.78 Å². The molecule has 13 heteroatoms. The normalized spacial score (nSPS) is 11.5. The van der Waals surface area contributed by atoms with Gasteiger partial charge in [0.1, 0.15) is 34.6 Å². The molecule has 0 spiro atoms. The average Bonchev–Trinajstić information content (AvgIpc) is 2.99. The molecular formula is C33H21F9N2O2. The van der Waals surface area contributed by atoms with E-state index in [1.54, 1.807) is 0 Å². The third kappa shape index (κ3) is 6.77. The van der Waals surface area contributed by atoms with Crippen LogP contribution in [-0.2, 0) is 6.11 Å². The standard InChI is InChI=1S/C33H21F9N2O2/c1-2-3-8-45-21-15-43-32(44-16-21)18-5-7-22(25(35)10-18)17-4-6-23(24(34)9-17)19-11-26(36)30(27(37)12-19)33(41,42)46-20-13-28(38)31(40)29(39)14-20/h4-7,9-16H,2-3,8H2,1H3. The second-order valence-corrected chi connectivity index (χ2v) is 9.97. The minimum atomic E-state index is -4.81. The lowest BCUT2D eigenvalue weighted by Crippen LogP contribution is -2.25. The van der Waals surface area contributed by atoms with Crippen molar-refractivity contribution in [1.82, 2.24) is 9.97 Å². The molecule has 0 N–H and O–H groups in total. The maximum atomic E-state index is 15.2. The fraction of sp³-hybridized carbons (Fsp3) is 0.152. The summed E-state index contributed by atoms with van der Waals surface area (Å²) in [4.78, 5) is 8.35. The van der Waals surface area contributed by atoms with Crippen molar-refractivity contribution >= 4 is 0 Å². The lowest BCUT2D eigenvalue weighted by molar-refractivity contribution is -0.189. The zero-order valence-corrected chi connectivity index (χ0v) is 23.7. The van der Waals surface area contributed by atoms with Gasteiger partial charge < -0.3 is 9.47 Å². The first-order chi connectivity index (χ1) is 21.9. The van der Waals surface area contributed by atoms with Crippen LogP contribution in [0.25, 0.3) is 33.6 Å². The SMILES string of the molecule is CCCCOc1cnc(-c2ccc(-c3ccc(-c4cc(F)c(C(F)(F)Oc5cc(F)c(F)c(F)c5)c(F)c4)c(F)c3)c(F)c2)nc1. The van der Waals surface area contributed by atoms with E-state index < -0.39 is 69.3 Å². The number of alkyl halides is 2. The number of nitrogens with zero attached hydrogens (tertiary/aromatic N) is 2. The predicted octanol–water partition coefficient (Wildman–Crippen LogP) is 9.76. The Morgan fingerprint density at radius 2 is 1.13 bits per heavy atom. The highest BCUT2D eigenvalue weighted by molar-refractivity contribution is 5.73. The maximum Gasteiger partial charge on any atom is 0.432 e. The summed E-state index contributed by atoms with van der Waals surface area (Å²) in [5, 5.41) is 0. The smallest absolute Gasteiger partial charge is 0.432 e. The molecule has 0 amide bonds. The molecule has 0 saturated heterocycles. The quantitative estimate of drug-likeness (QED) is 0.0860. The van der Waals surface area contributed by atoms with Crippen LogP contribution in [0.2, 0.25) is 0 Å². The van der Waals surface area contributed by atoms with Crippen LogP contribution in [0.5, 0.6) is 11.5 Å². The average molecular weight is 649 g/mol. The fourth-order valence-electron chi connectivity index (χ4n) is 4.48. The lowest BCUT2D eigenvalue weighted by Gasteiger charge is -2.20. The first kappa shape index (κ1) is 32.3. The molecule has 5 rings (SSSR count). The molecule has 0 saturated carbocycles. The second kappa shape index (κ2) is 13.1. The molecule has 0 aliphatic heterocycles. The highest BCUT2D eigenvalue weighted by Gasteiger charge is 2.41. The molecule has 5 aromatic rings. The van der Waals surface area contributed by atoms with Gasteiger partial charge in [0.25, 0.3) is 0 Å². The number of hydrogen-bond donors (Lipinski definition) is 0. The van der Waals surface area contributed by atoms with Crippen LogP contribution >= 0.6 is 0 Å². The van der Waals surface area contributed by atoms with Gasteiger partial charge in [-0.3, -0.25) is 0 Å². The summed E-state index contributed by atoms with van der Waals surface area (Å²) in [6, 6.07) is 8.18. The van der Waals surface area contributed by atoms with Gasteiger partial charge >= 0.3 is 6.11 Å².